The molecule has 0 fully saturated rings. The molecule has 0 amide bonds. The fraction of sp³-hybridized carbons (Fsp3) is 0.200. The molecule has 6 N–H and O–H groups in total. The van der Waals surface area contributed by atoms with Gasteiger partial charge >= 0.3 is 0 Å². The number of anilines is 2. The number of hydrogen-bond donors (Lipinski definition) is 4. The van der Waals surface area contributed by atoms with Gasteiger partial charge in [-0.1, -0.05) is 0 Å². The van der Waals surface area contributed by atoms with E-state index in [1.807, 2.05) is 0 Å². The molecule has 0 aromatic carbocycles. The lowest BCUT2D eigenvalue weighted by Gasteiger charge is -1.88. The normalized spacial score (nSPS) is 10.5. The molecule has 0 atom stereocenters. The highest BCUT2D eigenvalue weighted by Crippen LogP contribution is 2.01. The van der Waals surface area contributed by atoms with E-state index in [0.717, 1.165) is 0 Å². The average Bonchev–Trinajstić information content (AvgIpc) is 2.62. The van der Waals surface area contributed by atoms with Crippen molar-refractivity contribution in [3.05, 3.63) is 11.6 Å². The number of nitrogen functional groups attached to an aromatic ring is 2. The maximum atomic E-state index is 5.34. The van der Waals surface area contributed by atoms with Crippen LogP contribution in [0.5, 0.6) is 0 Å². The Labute approximate surface area is 72.8 Å². The molecule has 2 aromatic rings. The molecule has 0 aliphatic rings. The largest absolute Gasteiger partial charge is 0.368 e. The van der Waals surface area contributed by atoms with Gasteiger partial charge in [0.25, 0.3) is 0 Å². The number of hydrogen-bond acceptors (Lipinski definition) is 6. The minimum atomic E-state index is 0.280. The van der Waals surface area contributed by atoms with E-state index in [0.29, 0.717) is 18.1 Å². The van der Waals surface area contributed by atoms with Crippen molar-refractivity contribution < 1.29 is 0 Å². The quantitative estimate of drug-likeness (QED) is 0.452. The van der Waals surface area contributed by atoms with Crippen LogP contribution in [0.25, 0.3) is 0 Å². The van der Waals surface area contributed by atoms with Crippen molar-refractivity contribution in [2.45, 2.75) is 6.42 Å². The molecule has 2 heterocycles. The van der Waals surface area contributed by atoms with E-state index in [1.54, 1.807) is 0 Å². The highest BCUT2D eigenvalue weighted by molar-refractivity contribution is 5.17. The van der Waals surface area contributed by atoms with Gasteiger partial charge in [-0.2, -0.15) is 0 Å². The number of aromatic nitrogens is 6. The number of H-pyrrole nitrogens is 2. The second-order valence-electron chi connectivity index (χ2n) is 2.49. The molecule has 0 saturated heterocycles. The molecule has 2 aromatic heterocycles. The molecular weight excluding hydrogens is 172 g/mol. The third-order valence-electron chi connectivity index (χ3n) is 1.44. The summed E-state index contributed by atoms with van der Waals surface area (Å²) in [4.78, 5) is 5.52. The van der Waals surface area contributed by atoms with Crippen LogP contribution >= 0.6 is 0 Å². The van der Waals surface area contributed by atoms with Crippen molar-refractivity contribution in [1.82, 2.24) is 30.4 Å². The minimum absolute atomic E-state index is 0.280. The Morgan fingerprint density at radius 1 is 0.846 bits per heavy atom. The molecule has 0 bridgehead atoms. The first kappa shape index (κ1) is 7.53. The third kappa shape index (κ3) is 1.55. The zero-order valence-corrected chi connectivity index (χ0v) is 6.65. The van der Waals surface area contributed by atoms with Crippen LogP contribution < -0.4 is 11.5 Å². The molecule has 0 saturated carbocycles. The first-order valence-electron chi connectivity index (χ1n) is 3.58. The average molecular weight is 180 g/mol. The van der Waals surface area contributed by atoms with Gasteiger partial charge in [0, 0.05) is 0 Å². The minimum Gasteiger partial charge on any atom is -0.368 e. The molecule has 0 spiro atoms. The molecular formula is C5H8N8. The molecule has 8 nitrogen and oxygen atoms in total. The van der Waals surface area contributed by atoms with Crippen LogP contribution in [0, 0.1) is 0 Å². The van der Waals surface area contributed by atoms with Gasteiger partial charge < -0.3 is 21.4 Å². The van der Waals surface area contributed by atoms with Crippen molar-refractivity contribution in [1.29, 1.82) is 0 Å². The number of nitrogens with two attached hydrogens (primary N) is 2. The van der Waals surface area contributed by atoms with Crippen molar-refractivity contribution in [3.63, 3.8) is 0 Å². The van der Waals surface area contributed by atoms with Crippen LogP contribution in [-0.4, -0.2) is 30.4 Å². The highest BCUT2D eigenvalue weighted by atomic mass is 15.3. The molecule has 13 heavy (non-hydrogen) atoms. The standard InChI is InChI=1S/C5H8N8/c6-4-8-2(10-12-4)1-3-9-5(7)13-11-3/h1H2,(H3,6,8,10,12)(H3,7,9,11,13). The van der Waals surface area contributed by atoms with E-state index in [2.05, 4.69) is 30.4 Å². The van der Waals surface area contributed by atoms with Gasteiger partial charge in [-0.3, -0.25) is 0 Å². The Morgan fingerprint density at radius 2 is 1.31 bits per heavy atom. The summed E-state index contributed by atoms with van der Waals surface area (Å²) in [7, 11) is 0. The molecule has 0 unspecified atom stereocenters. The van der Waals surface area contributed by atoms with Crippen molar-refractivity contribution in [2.75, 3.05) is 11.5 Å². The summed E-state index contributed by atoms with van der Waals surface area (Å²) < 4.78 is 0. The summed E-state index contributed by atoms with van der Waals surface area (Å²) >= 11 is 0. The smallest absolute Gasteiger partial charge is 0.219 e. The summed E-state index contributed by atoms with van der Waals surface area (Å²) in [6, 6.07) is 0. The second-order valence-corrected chi connectivity index (χ2v) is 2.49. The molecule has 0 radical (unpaired) electrons. The fourth-order valence-corrected chi connectivity index (χ4v) is 0.942. The van der Waals surface area contributed by atoms with Gasteiger partial charge in [0.1, 0.15) is 11.6 Å². The molecule has 8 heteroatoms. The molecule has 0 aliphatic carbocycles. The number of rotatable bonds is 2. The van der Waals surface area contributed by atoms with Crippen LogP contribution in [0.3, 0.4) is 0 Å². The Hall–Kier alpha value is -2.12. The maximum absolute atomic E-state index is 5.34. The predicted octanol–water partition coefficient (Wildman–Crippen LogP) is -1.32. The first-order valence-corrected chi connectivity index (χ1v) is 3.58. The highest BCUT2D eigenvalue weighted by Gasteiger charge is 2.04. The van der Waals surface area contributed by atoms with Gasteiger partial charge in [0.2, 0.25) is 11.9 Å². The van der Waals surface area contributed by atoms with Crippen LogP contribution in [-0.2, 0) is 6.42 Å². The zero-order valence-electron chi connectivity index (χ0n) is 6.65. The van der Waals surface area contributed by atoms with E-state index in [-0.39, 0.29) is 11.9 Å². The van der Waals surface area contributed by atoms with Crippen molar-refractivity contribution in [2.24, 2.45) is 0 Å². The van der Waals surface area contributed by atoms with E-state index in [4.69, 9.17) is 11.5 Å². The third-order valence-corrected chi connectivity index (χ3v) is 1.44. The van der Waals surface area contributed by atoms with E-state index >= 15 is 0 Å². The SMILES string of the molecule is Nc1nnc(Cc2nnc(N)[nH]2)[nH]1. The maximum Gasteiger partial charge on any atom is 0.219 e. The lowest BCUT2D eigenvalue weighted by atomic mass is 10.4. The lowest BCUT2D eigenvalue weighted by Crippen LogP contribution is -1.94. The number of nitrogens with zero attached hydrogens (tertiary/aromatic N) is 4. The first-order chi connectivity index (χ1) is 6.24. The Bertz CT molecular complexity index is 362. The van der Waals surface area contributed by atoms with E-state index < -0.39 is 0 Å². The summed E-state index contributed by atoms with van der Waals surface area (Å²) in [6.07, 6.45) is 0.453. The zero-order chi connectivity index (χ0) is 9.26. The van der Waals surface area contributed by atoms with Gasteiger partial charge in [0.15, 0.2) is 0 Å². The molecule has 0 aliphatic heterocycles. The predicted molar refractivity (Wildman–Crippen MR) is 44.4 cm³/mol. The Kier molecular flexibility index (Phi) is 1.58. The fourth-order valence-electron chi connectivity index (χ4n) is 0.942. The molecule has 2 rings (SSSR count). The van der Waals surface area contributed by atoms with Crippen LogP contribution in [0.2, 0.25) is 0 Å². The van der Waals surface area contributed by atoms with Crippen molar-refractivity contribution >= 4 is 11.9 Å². The number of nitrogens with one attached hydrogen (secondary N) is 2. The molecule has 68 valence electrons. The van der Waals surface area contributed by atoms with Crippen molar-refractivity contribution in [3.8, 4) is 0 Å². The van der Waals surface area contributed by atoms with Gasteiger partial charge in [-0.15, -0.1) is 20.4 Å². The lowest BCUT2D eigenvalue weighted by molar-refractivity contribution is 0.899. The van der Waals surface area contributed by atoms with E-state index in [9.17, 15) is 0 Å². The second kappa shape index (κ2) is 2.73. The van der Waals surface area contributed by atoms with Gasteiger partial charge in [0.05, 0.1) is 6.42 Å². The summed E-state index contributed by atoms with van der Waals surface area (Å²) in [5, 5.41) is 14.7. The van der Waals surface area contributed by atoms with E-state index in [1.165, 1.54) is 0 Å². The van der Waals surface area contributed by atoms with Gasteiger partial charge in [-0.05, 0) is 0 Å². The number of aromatic amines is 2. The van der Waals surface area contributed by atoms with Crippen LogP contribution in [0.4, 0.5) is 11.9 Å². The van der Waals surface area contributed by atoms with Crippen LogP contribution in [0.15, 0.2) is 0 Å². The van der Waals surface area contributed by atoms with Gasteiger partial charge in [-0.25, -0.2) is 0 Å². The Balaban J connectivity index is 2.14. The Morgan fingerprint density at radius 3 is 1.62 bits per heavy atom. The summed E-state index contributed by atoms with van der Waals surface area (Å²) in [5.41, 5.74) is 10.7. The topological polar surface area (TPSA) is 135 Å². The summed E-state index contributed by atoms with van der Waals surface area (Å²) in [6.45, 7) is 0. The van der Waals surface area contributed by atoms with Crippen LogP contribution in [0.1, 0.15) is 11.6 Å². The monoisotopic (exact) mass is 180 g/mol. The summed E-state index contributed by atoms with van der Waals surface area (Å²) in [5.74, 6) is 1.80.